The molecular weight excluding hydrogens is 416 g/mol. The summed E-state index contributed by atoms with van der Waals surface area (Å²) < 4.78 is 24.1. The van der Waals surface area contributed by atoms with Gasteiger partial charge in [0.25, 0.3) is 5.79 Å². The summed E-state index contributed by atoms with van der Waals surface area (Å²) in [5, 5.41) is 11.1. The first kappa shape index (κ1) is 23.2. The Labute approximate surface area is 194 Å². The lowest BCUT2D eigenvalue weighted by atomic mass is 10.0. The third-order valence-corrected chi connectivity index (χ3v) is 5.54. The predicted octanol–water partition coefficient (Wildman–Crippen LogP) is 4.09. The van der Waals surface area contributed by atoms with E-state index < -0.39 is 24.1 Å². The molecule has 0 unspecified atom stereocenters. The molecule has 4 atom stereocenters. The van der Waals surface area contributed by atoms with Crippen LogP contribution in [0.4, 0.5) is 0 Å². The van der Waals surface area contributed by atoms with Crippen LogP contribution in [0.1, 0.15) is 16.7 Å². The number of benzene rings is 3. The van der Waals surface area contributed by atoms with Crippen molar-refractivity contribution in [2.75, 3.05) is 6.61 Å². The Hall–Kier alpha value is -2.98. The lowest BCUT2D eigenvalue weighted by Gasteiger charge is -2.26. The first-order valence-corrected chi connectivity index (χ1v) is 11.0. The van der Waals surface area contributed by atoms with Crippen LogP contribution in [0.15, 0.2) is 91.0 Å². The first-order valence-electron chi connectivity index (χ1n) is 11.0. The van der Waals surface area contributed by atoms with E-state index in [1.165, 1.54) is 0 Å². The maximum Gasteiger partial charge on any atom is 0.261 e. The van der Waals surface area contributed by atoms with Gasteiger partial charge >= 0.3 is 0 Å². The molecule has 0 bridgehead atoms. The Balaban J connectivity index is 1.48. The molecule has 3 aromatic rings. The summed E-state index contributed by atoms with van der Waals surface area (Å²) >= 11 is 0. The van der Waals surface area contributed by atoms with Gasteiger partial charge in [-0.1, -0.05) is 91.0 Å². The molecule has 0 radical (unpaired) electrons. The molecule has 3 aromatic carbocycles. The van der Waals surface area contributed by atoms with Crippen LogP contribution in [-0.2, 0) is 38.8 Å². The van der Waals surface area contributed by atoms with E-state index in [2.05, 4.69) is 5.92 Å². The van der Waals surface area contributed by atoms with Crippen LogP contribution in [-0.4, -0.2) is 35.8 Å². The molecule has 1 aliphatic rings. The van der Waals surface area contributed by atoms with Crippen molar-refractivity contribution in [1.82, 2.24) is 0 Å². The molecule has 1 N–H and O–H groups in total. The van der Waals surface area contributed by atoms with E-state index in [4.69, 9.17) is 25.4 Å². The number of aliphatic hydroxyl groups is 1. The fourth-order valence-electron chi connectivity index (χ4n) is 3.82. The smallest absolute Gasteiger partial charge is 0.261 e. The van der Waals surface area contributed by atoms with Crippen molar-refractivity contribution in [3.8, 4) is 12.3 Å². The van der Waals surface area contributed by atoms with Crippen LogP contribution in [0, 0.1) is 12.3 Å². The zero-order valence-corrected chi connectivity index (χ0v) is 18.4. The van der Waals surface area contributed by atoms with Crippen molar-refractivity contribution in [1.29, 1.82) is 0 Å². The van der Waals surface area contributed by atoms with Gasteiger partial charge in [-0.15, -0.1) is 6.42 Å². The van der Waals surface area contributed by atoms with Gasteiger partial charge in [0.2, 0.25) is 0 Å². The minimum Gasteiger partial charge on any atom is -0.374 e. The summed E-state index contributed by atoms with van der Waals surface area (Å²) in [5.41, 5.74) is 3.00. The van der Waals surface area contributed by atoms with Crippen molar-refractivity contribution in [3.05, 3.63) is 108 Å². The standard InChI is InChI=1S/C28H28O5/c1-2-28(29)27(32-20-24-16-10-5-11-17-24)26(31-19-23-14-8-4-9-15-23)25(33-28)21-30-18-22-12-6-3-7-13-22/h1,3-17,25-27,29H,18-21H2/t25-,26-,27+,28+/m1/s1. The maximum atomic E-state index is 11.1. The van der Waals surface area contributed by atoms with E-state index in [-0.39, 0.29) is 13.2 Å². The summed E-state index contributed by atoms with van der Waals surface area (Å²) in [6.07, 6.45) is 3.58. The Morgan fingerprint density at radius 1 is 0.758 bits per heavy atom. The van der Waals surface area contributed by atoms with E-state index in [0.29, 0.717) is 13.2 Å². The Morgan fingerprint density at radius 2 is 1.24 bits per heavy atom. The highest BCUT2D eigenvalue weighted by molar-refractivity contribution is 5.18. The predicted molar refractivity (Wildman–Crippen MR) is 125 cm³/mol. The number of ether oxygens (including phenoxy) is 4. The van der Waals surface area contributed by atoms with Crippen molar-refractivity contribution in [3.63, 3.8) is 0 Å². The summed E-state index contributed by atoms with van der Waals surface area (Å²) in [7, 11) is 0. The normalized spacial score (nSPS) is 24.4. The van der Waals surface area contributed by atoms with Gasteiger partial charge in [-0.3, -0.25) is 0 Å². The minimum atomic E-state index is -1.92. The summed E-state index contributed by atoms with van der Waals surface area (Å²) in [6.45, 7) is 1.21. The van der Waals surface area contributed by atoms with Gasteiger partial charge in [-0.2, -0.15) is 0 Å². The zero-order valence-electron chi connectivity index (χ0n) is 18.4. The second kappa shape index (κ2) is 11.2. The van der Waals surface area contributed by atoms with Gasteiger partial charge in [-0.25, -0.2) is 0 Å². The monoisotopic (exact) mass is 444 g/mol. The molecule has 170 valence electrons. The SMILES string of the molecule is C#C[C@]1(O)O[C@H](COCc2ccccc2)[C@@H](OCc2ccccc2)[C@@H]1OCc1ccccc1. The quantitative estimate of drug-likeness (QED) is 0.477. The van der Waals surface area contributed by atoms with Crippen LogP contribution < -0.4 is 0 Å². The third-order valence-electron chi connectivity index (χ3n) is 5.54. The molecule has 4 rings (SSSR count). The highest BCUT2D eigenvalue weighted by Crippen LogP contribution is 2.35. The molecule has 1 aliphatic heterocycles. The van der Waals surface area contributed by atoms with Crippen molar-refractivity contribution >= 4 is 0 Å². The molecule has 0 aromatic heterocycles. The lowest BCUT2D eigenvalue weighted by Crippen LogP contribution is -2.45. The van der Waals surface area contributed by atoms with Crippen LogP contribution in [0.3, 0.4) is 0 Å². The van der Waals surface area contributed by atoms with Crippen LogP contribution in [0.2, 0.25) is 0 Å². The minimum absolute atomic E-state index is 0.198. The second-order valence-electron chi connectivity index (χ2n) is 7.98. The van der Waals surface area contributed by atoms with Crippen LogP contribution >= 0.6 is 0 Å². The number of terminal acetylenes is 1. The summed E-state index contributed by atoms with van der Waals surface area (Å²) in [4.78, 5) is 0. The number of rotatable bonds is 10. The Kier molecular flexibility index (Phi) is 7.90. The van der Waals surface area contributed by atoms with Gasteiger partial charge < -0.3 is 24.1 Å². The lowest BCUT2D eigenvalue weighted by molar-refractivity contribution is -0.204. The van der Waals surface area contributed by atoms with Gasteiger partial charge in [-0.05, 0) is 22.6 Å². The number of hydrogen-bond acceptors (Lipinski definition) is 5. The Morgan fingerprint density at radius 3 is 1.76 bits per heavy atom. The summed E-state index contributed by atoms with van der Waals surface area (Å²) in [6, 6.07) is 29.4. The highest BCUT2D eigenvalue weighted by atomic mass is 16.7. The van der Waals surface area contributed by atoms with Crippen molar-refractivity contribution in [2.45, 2.75) is 43.9 Å². The molecule has 33 heavy (non-hydrogen) atoms. The molecule has 5 heteroatoms. The van der Waals surface area contributed by atoms with Gasteiger partial charge in [0.05, 0.1) is 26.4 Å². The molecule has 1 fully saturated rings. The van der Waals surface area contributed by atoms with E-state index in [0.717, 1.165) is 16.7 Å². The molecule has 0 spiro atoms. The fourth-order valence-corrected chi connectivity index (χ4v) is 3.82. The van der Waals surface area contributed by atoms with Crippen LogP contribution in [0.5, 0.6) is 0 Å². The van der Waals surface area contributed by atoms with Crippen molar-refractivity contribution < 1.29 is 24.1 Å². The highest BCUT2D eigenvalue weighted by Gasteiger charge is 2.55. The molecular formula is C28H28O5. The zero-order chi connectivity index (χ0) is 22.9. The largest absolute Gasteiger partial charge is 0.374 e. The summed E-state index contributed by atoms with van der Waals surface area (Å²) in [5.74, 6) is 0.446. The number of hydrogen-bond donors (Lipinski definition) is 1. The molecule has 0 amide bonds. The topological polar surface area (TPSA) is 57.2 Å². The van der Waals surface area contributed by atoms with Crippen molar-refractivity contribution in [2.24, 2.45) is 0 Å². The first-order chi connectivity index (χ1) is 16.2. The molecule has 0 aliphatic carbocycles. The van der Waals surface area contributed by atoms with Gasteiger partial charge in [0, 0.05) is 0 Å². The average Bonchev–Trinajstić information content (AvgIpc) is 3.14. The van der Waals surface area contributed by atoms with Gasteiger partial charge in [0.1, 0.15) is 12.2 Å². The Bertz CT molecular complexity index is 1020. The second-order valence-corrected chi connectivity index (χ2v) is 7.98. The molecule has 0 saturated carbocycles. The van der Waals surface area contributed by atoms with E-state index in [9.17, 15) is 5.11 Å². The van der Waals surface area contributed by atoms with E-state index >= 15 is 0 Å². The van der Waals surface area contributed by atoms with Gasteiger partial charge in [0.15, 0.2) is 6.10 Å². The molecule has 1 heterocycles. The third kappa shape index (κ3) is 6.08. The molecule has 5 nitrogen and oxygen atoms in total. The van der Waals surface area contributed by atoms with E-state index in [1.807, 2.05) is 91.0 Å². The molecule has 1 saturated heterocycles. The van der Waals surface area contributed by atoms with Crippen LogP contribution in [0.25, 0.3) is 0 Å². The maximum absolute atomic E-state index is 11.1. The fraction of sp³-hybridized carbons (Fsp3) is 0.286. The van der Waals surface area contributed by atoms with E-state index in [1.54, 1.807) is 0 Å². The average molecular weight is 445 g/mol.